The maximum atomic E-state index is 5.71. The van der Waals surface area contributed by atoms with Gasteiger partial charge in [0.25, 0.3) is 0 Å². The van der Waals surface area contributed by atoms with E-state index in [9.17, 15) is 0 Å². The van der Waals surface area contributed by atoms with Crippen LogP contribution in [0.5, 0.6) is 5.75 Å². The second kappa shape index (κ2) is 5.41. The number of aryl methyl sites for hydroxylation is 1. The van der Waals surface area contributed by atoms with Crippen LogP contribution in [0.3, 0.4) is 0 Å². The summed E-state index contributed by atoms with van der Waals surface area (Å²) < 4.78 is 5.71. The molecule has 0 bridgehead atoms. The van der Waals surface area contributed by atoms with Gasteiger partial charge in [0.1, 0.15) is 5.75 Å². The highest BCUT2D eigenvalue weighted by Gasteiger charge is 2.20. The zero-order valence-corrected chi connectivity index (χ0v) is 11.1. The smallest absolute Gasteiger partial charge is 0.124 e. The molecule has 0 radical (unpaired) electrons. The molecule has 3 heteroatoms. The SMILES string of the molecule is Cc1ccc2c(c1)C(NCc1ccccn1)CCO2. The van der Waals surface area contributed by atoms with Gasteiger partial charge in [0.05, 0.1) is 12.3 Å². The molecule has 1 atom stereocenters. The van der Waals surface area contributed by atoms with Crippen molar-refractivity contribution >= 4 is 0 Å². The standard InChI is InChI=1S/C16H18N2O/c1-12-5-6-16-14(10-12)15(7-9-19-16)18-11-13-4-2-3-8-17-13/h2-6,8,10,15,18H,7,9,11H2,1H3. The van der Waals surface area contributed by atoms with Gasteiger partial charge < -0.3 is 10.1 Å². The third kappa shape index (κ3) is 2.76. The zero-order valence-electron chi connectivity index (χ0n) is 11.1. The fourth-order valence-corrected chi connectivity index (χ4v) is 2.46. The maximum absolute atomic E-state index is 5.71. The van der Waals surface area contributed by atoms with Crippen molar-refractivity contribution in [3.63, 3.8) is 0 Å². The Labute approximate surface area is 113 Å². The summed E-state index contributed by atoms with van der Waals surface area (Å²) in [6, 6.07) is 12.7. The Kier molecular flexibility index (Phi) is 3.47. The van der Waals surface area contributed by atoms with Crippen molar-refractivity contribution in [2.24, 2.45) is 0 Å². The summed E-state index contributed by atoms with van der Waals surface area (Å²) in [5, 5.41) is 3.58. The van der Waals surface area contributed by atoms with Crippen molar-refractivity contribution in [3.8, 4) is 5.75 Å². The van der Waals surface area contributed by atoms with Crippen LogP contribution in [-0.2, 0) is 6.54 Å². The summed E-state index contributed by atoms with van der Waals surface area (Å²) >= 11 is 0. The molecule has 0 spiro atoms. The van der Waals surface area contributed by atoms with Crippen molar-refractivity contribution in [3.05, 3.63) is 59.4 Å². The Morgan fingerprint density at radius 2 is 2.26 bits per heavy atom. The molecule has 1 aromatic heterocycles. The summed E-state index contributed by atoms with van der Waals surface area (Å²) in [4.78, 5) is 4.34. The molecule has 1 N–H and O–H groups in total. The highest BCUT2D eigenvalue weighted by atomic mass is 16.5. The maximum Gasteiger partial charge on any atom is 0.124 e. The van der Waals surface area contributed by atoms with E-state index in [1.54, 1.807) is 0 Å². The molecule has 2 heterocycles. The van der Waals surface area contributed by atoms with Crippen LogP contribution in [0.15, 0.2) is 42.6 Å². The first-order valence-corrected chi connectivity index (χ1v) is 6.69. The molecule has 0 saturated carbocycles. The molecule has 0 aliphatic carbocycles. The van der Waals surface area contributed by atoms with E-state index in [0.29, 0.717) is 6.04 Å². The topological polar surface area (TPSA) is 34.2 Å². The van der Waals surface area contributed by atoms with Gasteiger partial charge in [-0.1, -0.05) is 23.8 Å². The number of fused-ring (bicyclic) bond motifs is 1. The number of hydrogen-bond donors (Lipinski definition) is 1. The van der Waals surface area contributed by atoms with Gasteiger partial charge >= 0.3 is 0 Å². The largest absolute Gasteiger partial charge is 0.493 e. The monoisotopic (exact) mass is 254 g/mol. The predicted octanol–water partition coefficient (Wildman–Crippen LogP) is 3.00. The zero-order chi connectivity index (χ0) is 13.1. The Morgan fingerprint density at radius 1 is 1.32 bits per heavy atom. The molecule has 2 aromatic rings. The molecule has 19 heavy (non-hydrogen) atoms. The second-order valence-corrected chi connectivity index (χ2v) is 4.93. The molecule has 0 saturated heterocycles. The van der Waals surface area contributed by atoms with Crippen LogP contribution in [0.4, 0.5) is 0 Å². The Bertz CT molecular complexity index is 554. The second-order valence-electron chi connectivity index (χ2n) is 4.93. The molecule has 0 amide bonds. The first-order valence-electron chi connectivity index (χ1n) is 6.69. The van der Waals surface area contributed by atoms with Crippen LogP contribution < -0.4 is 10.1 Å². The average molecular weight is 254 g/mol. The van der Waals surface area contributed by atoms with E-state index in [1.165, 1.54) is 11.1 Å². The molecule has 0 fully saturated rings. The summed E-state index contributed by atoms with van der Waals surface area (Å²) in [6.45, 7) is 3.68. The predicted molar refractivity (Wildman–Crippen MR) is 75.1 cm³/mol. The van der Waals surface area contributed by atoms with E-state index in [2.05, 4.69) is 35.4 Å². The van der Waals surface area contributed by atoms with Crippen molar-refractivity contribution in [1.82, 2.24) is 10.3 Å². The molecule has 1 aromatic carbocycles. The summed E-state index contributed by atoms with van der Waals surface area (Å²) in [7, 11) is 0. The Morgan fingerprint density at radius 3 is 3.11 bits per heavy atom. The summed E-state index contributed by atoms with van der Waals surface area (Å²) in [5.41, 5.74) is 3.61. The minimum Gasteiger partial charge on any atom is -0.493 e. The lowest BCUT2D eigenvalue weighted by Crippen LogP contribution is -2.27. The fraction of sp³-hybridized carbons (Fsp3) is 0.312. The van der Waals surface area contributed by atoms with E-state index in [1.807, 2.05) is 24.4 Å². The van der Waals surface area contributed by atoms with Crippen LogP contribution >= 0.6 is 0 Å². The van der Waals surface area contributed by atoms with Gasteiger partial charge in [0.15, 0.2) is 0 Å². The average Bonchev–Trinajstić information content (AvgIpc) is 2.46. The van der Waals surface area contributed by atoms with Gasteiger partial charge in [-0.25, -0.2) is 0 Å². The van der Waals surface area contributed by atoms with E-state index in [-0.39, 0.29) is 0 Å². The third-order valence-electron chi connectivity index (χ3n) is 3.46. The molecule has 98 valence electrons. The number of pyridine rings is 1. The van der Waals surface area contributed by atoms with Gasteiger partial charge in [0, 0.05) is 30.8 Å². The van der Waals surface area contributed by atoms with Crippen LogP contribution in [0, 0.1) is 6.92 Å². The van der Waals surface area contributed by atoms with Crippen molar-refractivity contribution in [2.75, 3.05) is 6.61 Å². The van der Waals surface area contributed by atoms with Crippen molar-refractivity contribution in [1.29, 1.82) is 0 Å². The molecule has 1 aliphatic heterocycles. The van der Waals surface area contributed by atoms with E-state index >= 15 is 0 Å². The summed E-state index contributed by atoms with van der Waals surface area (Å²) in [5.74, 6) is 1.01. The number of rotatable bonds is 3. The normalized spacial score (nSPS) is 17.6. The highest BCUT2D eigenvalue weighted by molar-refractivity contribution is 5.40. The third-order valence-corrected chi connectivity index (χ3v) is 3.46. The molecule has 3 nitrogen and oxygen atoms in total. The first-order chi connectivity index (χ1) is 9.33. The molecular formula is C16H18N2O. The fourth-order valence-electron chi connectivity index (χ4n) is 2.46. The lowest BCUT2D eigenvalue weighted by atomic mass is 9.98. The number of nitrogens with zero attached hydrogens (tertiary/aromatic N) is 1. The first kappa shape index (κ1) is 12.2. The van der Waals surface area contributed by atoms with E-state index in [0.717, 1.165) is 31.0 Å². The number of hydrogen-bond acceptors (Lipinski definition) is 3. The highest BCUT2D eigenvalue weighted by Crippen LogP contribution is 2.32. The van der Waals surface area contributed by atoms with Gasteiger partial charge in [-0.3, -0.25) is 4.98 Å². The minimum atomic E-state index is 0.352. The van der Waals surface area contributed by atoms with Crippen LogP contribution in [0.25, 0.3) is 0 Å². The minimum absolute atomic E-state index is 0.352. The number of nitrogens with one attached hydrogen (secondary N) is 1. The number of benzene rings is 1. The van der Waals surface area contributed by atoms with Gasteiger partial charge in [0.2, 0.25) is 0 Å². The van der Waals surface area contributed by atoms with Crippen molar-refractivity contribution in [2.45, 2.75) is 25.9 Å². The Balaban J connectivity index is 1.75. The van der Waals surface area contributed by atoms with E-state index < -0.39 is 0 Å². The van der Waals surface area contributed by atoms with Gasteiger partial charge in [-0.05, 0) is 25.1 Å². The number of ether oxygens (including phenoxy) is 1. The van der Waals surface area contributed by atoms with Gasteiger partial charge in [-0.15, -0.1) is 0 Å². The Hall–Kier alpha value is -1.87. The molecule has 3 rings (SSSR count). The lowest BCUT2D eigenvalue weighted by molar-refractivity contribution is 0.252. The quantitative estimate of drug-likeness (QED) is 0.914. The molecule has 1 unspecified atom stereocenters. The summed E-state index contributed by atoms with van der Waals surface area (Å²) in [6.07, 6.45) is 2.84. The number of aromatic nitrogens is 1. The lowest BCUT2D eigenvalue weighted by Gasteiger charge is -2.27. The van der Waals surface area contributed by atoms with Crippen molar-refractivity contribution < 1.29 is 4.74 Å². The van der Waals surface area contributed by atoms with Crippen LogP contribution in [0.2, 0.25) is 0 Å². The van der Waals surface area contributed by atoms with Gasteiger partial charge in [-0.2, -0.15) is 0 Å². The van der Waals surface area contributed by atoms with Crippen LogP contribution in [-0.4, -0.2) is 11.6 Å². The molecule has 1 aliphatic rings. The molecular weight excluding hydrogens is 236 g/mol. The van der Waals surface area contributed by atoms with E-state index in [4.69, 9.17) is 4.74 Å². The van der Waals surface area contributed by atoms with Crippen LogP contribution in [0.1, 0.15) is 29.3 Å².